The summed E-state index contributed by atoms with van der Waals surface area (Å²) in [6.45, 7) is 0.215. The van der Waals surface area contributed by atoms with Crippen molar-refractivity contribution in [2.75, 3.05) is 0 Å². The molecule has 31 heavy (non-hydrogen) atoms. The maximum absolute atomic E-state index is 12.7. The number of ether oxygens (including phenoxy) is 1. The molecule has 1 saturated carbocycles. The Balaban J connectivity index is 1.43. The molecule has 158 valence electrons. The highest BCUT2D eigenvalue weighted by Crippen LogP contribution is 2.58. The number of hydrogen-bond acceptors (Lipinski definition) is 4. The Hall–Kier alpha value is -3.62. The maximum Gasteiger partial charge on any atom is 0.573 e. The van der Waals surface area contributed by atoms with E-state index < -0.39 is 23.8 Å². The molecule has 2 heterocycles. The van der Waals surface area contributed by atoms with Crippen molar-refractivity contribution in [2.45, 2.75) is 30.8 Å². The minimum atomic E-state index is -4.77. The topological polar surface area (TPSA) is 71.5 Å². The number of nitrogens with one attached hydrogen (secondary N) is 1. The number of amides is 3. The highest BCUT2D eigenvalue weighted by molar-refractivity contribution is 6.10. The molecule has 9 heteroatoms. The fraction of sp³-hybridized carbons (Fsp3) is 0.227. The summed E-state index contributed by atoms with van der Waals surface area (Å²) in [7, 11) is 0. The average molecular weight is 427 g/mol. The molecule has 2 aromatic carbocycles. The number of hydrogen-bond donors (Lipinski definition) is 1. The van der Waals surface area contributed by atoms with E-state index >= 15 is 0 Å². The highest BCUT2D eigenvalue weighted by Gasteiger charge is 2.69. The second kappa shape index (κ2) is 6.69. The van der Waals surface area contributed by atoms with Crippen molar-refractivity contribution in [3.05, 3.63) is 71.9 Å². The lowest BCUT2D eigenvalue weighted by Gasteiger charge is -2.23. The van der Waals surface area contributed by atoms with E-state index in [1.54, 1.807) is 6.20 Å². The number of alkyl halides is 3. The van der Waals surface area contributed by atoms with Gasteiger partial charge in [0.15, 0.2) is 0 Å². The second-order valence-corrected chi connectivity index (χ2v) is 7.63. The molecule has 3 aromatic rings. The van der Waals surface area contributed by atoms with Gasteiger partial charge in [-0.3, -0.25) is 15.1 Å². The van der Waals surface area contributed by atoms with E-state index in [1.165, 1.54) is 29.2 Å². The highest BCUT2D eigenvalue weighted by atomic mass is 19.4. The van der Waals surface area contributed by atoms with Crippen molar-refractivity contribution < 1.29 is 27.5 Å². The predicted molar refractivity (Wildman–Crippen MR) is 104 cm³/mol. The zero-order valence-corrected chi connectivity index (χ0v) is 16.0. The van der Waals surface area contributed by atoms with Crippen molar-refractivity contribution in [3.63, 3.8) is 0 Å². The van der Waals surface area contributed by atoms with Gasteiger partial charge in [0, 0.05) is 24.0 Å². The lowest BCUT2D eigenvalue weighted by atomic mass is 10.0. The molecule has 1 N–H and O–H groups in total. The first-order chi connectivity index (χ1) is 14.8. The number of nitrogens with zero attached hydrogens (tertiary/aromatic N) is 2. The molecular weight excluding hydrogens is 411 g/mol. The van der Waals surface area contributed by atoms with Gasteiger partial charge in [-0.25, -0.2) is 4.79 Å². The van der Waals surface area contributed by atoms with Crippen molar-refractivity contribution >= 4 is 22.8 Å². The van der Waals surface area contributed by atoms with Gasteiger partial charge in [0.25, 0.3) is 5.91 Å². The first-order valence-corrected chi connectivity index (χ1v) is 9.59. The van der Waals surface area contributed by atoms with Crippen LogP contribution in [0.1, 0.15) is 23.5 Å². The van der Waals surface area contributed by atoms with E-state index in [-0.39, 0.29) is 18.2 Å². The van der Waals surface area contributed by atoms with Gasteiger partial charge in [0.1, 0.15) is 11.3 Å². The second-order valence-electron chi connectivity index (χ2n) is 7.63. The van der Waals surface area contributed by atoms with Gasteiger partial charge >= 0.3 is 12.4 Å². The summed E-state index contributed by atoms with van der Waals surface area (Å²) in [5, 5.41) is 3.28. The van der Waals surface area contributed by atoms with Crippen LogP contribution in [0.15, 0.2) is 60.8 Å². The van der Waals surface area contributed by atoms with E-state index in [0.29, 0.717) is 12.0 Å². The number of pyridine rings is 1. The Morgan fingerprint density at radius 3 is 2.58 bits per heavy atom. The van der Waals surface area contributed by atoms with E-state index in [0.717, 1.165) is 16.5 Å². The molecule has 0 bridgehead atoms. The Morgan fingerprint density at radius 2 is 1.84 bits per heavy atom. The zero-order valence-electron chi connectivity index (χ0n) is 16.0. The number of rotatable bonds is 4. The summed E-state index contributed by atoms with van der Waals surface area (Å²) < 4.78 is 41.1. The van der Waals surface area contributed by atoms with E-state index in [2.05, 4.69) is 15.0 Å². The summed E-state index contributed by atoms with van der Waals surface area (Å²) in [5.74, 6) is -1.04. The van der Waals surface area contributed by atoms with Crippen LogP contribution in [0.5, 0.6) is 5.75 Å². The van der Waals surface area contributed by atoms with Gasteiger partial charge in [0.2, 0.25) is 0 Å². The van der Waals surface area contributed by atoms with Crippen LogP contribution < -0.4 is 10.1 Å². The molecule has 2 unspecified atom stereocenters. The van der Waals surface area contributed by atoms with Crippen molar-refractivity contribution in [1.29, 1.82) is 0 Å². The van der Waals surface area contributed by atoms with Gasteiger partial charge in [-0.1, -0.05) is 30.3 Å². The molecule has 1 aliphatic heterocycles. The third kappa shape index (κ3) is 3.26. The summed E-state index contributed by atoms with van der Waals surface area (Å²) in [6, 6.07) is 14.3. The molecule has 1 saturated heterocycles. The van der Waals surface area contributed by atoms with Gasteiger partial charge in [-0.05, 0) is 41.8 Å². The van der Waals surface area contributed by atoms with Crippen LogP contribution in [0.3, 0.4) is 0 Å². The fourth-order valence-electron chi connectivity index (χ4n) is 4.35. The molecule has 0 radical (unpaired) electrons. The SMILES string of the molecule is O=C1NC(=O)C2(CC2c2ccc(OC(F)(F)F)cc2)N1Cc1ccnc2ccccc12. The molecular formula is C22H16F3N3O3. The quantitative estimate of drug-likeness (QED) is 0.636. The van der Waals surface area contributed by atoms with Gasteiger partial charge in [-0.2, -0.15) is 0 Å². The number of imide groups is 1. The number of benzene rings is 2. The molecule has 6 nitrogen and oxygen atoms in total. The molecule has 2 aliphatic rings. The van der Waals surface area contributed by atoms with Crippen molar-refractivity contribution in [3.8, 4) is 5.75 Å². The van der Waals surface area contributed by atoms with Gasteiger partial charge < -0.3 is 9.64 Å². The standard InChI is InChI=1S/C22H16F3N3O3/c23-22(24,25)31-15-7-5-13(6-8-15)17-11-21(17)19(29)27-20(30)28(21)12-14-9-10-26-18-4-2-1-3-16(14)18/h1-10,17H,11-12H2,(H,27,29,30). The fourth-order valence-corrected chi connectivity index (χ4v) is 4.35. The molecule has 1 spiro atoms. The van der Waals surface area contributed by atoms with Crippen molar-refractivity contribution in [1.82, 2.24) is 15.2 Å². The molecule has 1 aromatic heterocycles. The molecule has 3 amide bonds. The third-order valence-corrected chi connectivity index (χ3v) is 5.86. The van der Waals surface area contributed by atoms with E-state index in [1.807, 2.05) is 30.3 Å². The lowest BCUT2D eigenvalue weighted by molar-refractivity contribution is -0.274. The molecule has 1 aliphatic carbocycles. The Labute approximate surface area is 174 Å². The first-order valence-electron chi connectivity index (χ1n) is 9.59. The number of carbonyl (C=O) groups is 2. The number of fused-ring (bicyclic) bond motifs is 1. The Morgan fingerprint density at radius 1 is 1.10 bits per heavy atom. The number of aromatic nitrogens is 1. The third-order valence-electron chi connectivity index (χ3n) is 5.86. The lowest BCUT2D eigenvalue weighted by Crippen LogP contribution is -2.38. The molecule has 2 fully saturated rings. The van der Waals surface area contributed by atoms with Crippen LogP contribution in [0.2, 0.25) is 0 Å². The largest absolute Gasteiger partial charge is 0.573 e. The maximum atomic E-state index is 12.7. The van der Waals surface area contributed by atoms with Crippen LogP contribution in [0.4, 0.5) is 18.0 Å². The normalized spacial score (nSPS) is 22.8. The summed E-state index contributed by atoms with van der Waals surface area (Å²) in [4.78, 5) is 31.1. The van der Waals surface area contributed by atoms with E-state index in [9.17, 15) is 22.8 Å². The summed E-state index contributed by atoms with van der Waals surface area (Å²) in [6.07, 6.45) is -2.72. The van der Waals surface area contributed by atoms with Gasteiger partial charge in [0.05, 0.1) is 5.52 Å². The Kier molecular flexibility index (Phi) is 4.18. The minimum absolute atomic E-state index is 0.215. The average Bonchev–Trinajstić information content (AvgIpc) is 3.43. The molecule has 5 rings (SSSR count). The smallest absolute Gasteiger partial charge is 0.406 e. The van der Waals surface area contributed by atoms with Crippen LogP contribution in [-0.4, -0.2) is 33.7 Å². The number of carbonyl (C=O) groups excluding carboxylic acids is 2. The van der Waals surface area contributed by atoms with Crippen LogP contribution >= 0.6 is 0 Å². The van der Waals surface area contributed by atoms with Crippen LogP contribution in [0.25, 0.3) is 10.9 Å². The monoisotopic (exact) mass is 427 g/mol. The van der Waals surface area contributed by atoms with Crippen molar-refractivity contribution in [2.24, 2.45) is 0 Å². The predicted octanol–water partition coefficient (Wildman–Crippen LogP) is 4.11. The first kappa shape index (κ1) is 19.3. The summed E-state index contributed by atoms with van der Waals surface area (Å²) in [5.41, 5.74) is 1.26. The summed E-state index contributed by atoms with van der Waals surface area (Å²) >= 11 is 0. The number of halogens is 3. The number of urea groups is 1. The zero-order chi connectivity index (χ0) is 21.8. The Bertz CT molecular complexity index is 1190. The number of para-hydroxylation sites is 1. The molecule has 2 atom stereocenters. The van der Waals surface area contributed by atoms with Gasteiger partial charge in [-0.15, -0.1) is 13.2 Å². The van der Waals surface area contributed by atoms with Crippen LogP contribution in [-0.2, 0) is 11.3 Å². The van der Waals surface area contributed by atoms with Crippen LogP contribution in [0, 0.1) is 0 Å². The van der Waals surface area contributed by atoms with E-state index in [4.69, 9.17) is 0 Å². The minimum Gasteiger partial charge on any atom is -0.406 e.